The third-order valence-corrected chi connectivity index (χ3v) is 2.77. The van der Waals surface area contributed by atoms with E-state index in [9.17, 15) is 0 Å². The first-order valence-corrected chi connectivity index (χ1v) is 6.41. The van der Waals surface area contributed by atoms with Crippen molar-refractivity contribution < 1.29 is 0 Å². The lowest BCUT2D eigenvalue weighted by Gasteiger charge is -2.16. The zero-order valence-electron chi connectivity index (χ0n) is 10.6. The van der Waals surface area contributed by atoms with Crippen LogP contribution in [0.25, 0.3) is 0 Å². The van der Waals surface area contributed by atoms with Crippen molar-refractivity contribution in [3.63, 3.8) is 0 Å². The fourth-order valence-corrected chi connectivity index (χ4v) is 1.92. The van der Waals surface area contributed by atoms with Crippen LogP contribution in [0.2, 0.25) is 0 Å². The maximum absolute atomic E-state index is 3.47. The minimum Gasteiger partial charge on any atom is -0.317 e. The minimum atomic E-state index is 0.872. The Morgan fingerprint density at radius 1 is 1.00 bits per heavy atom. The van der Waals surface area contributed by atoms with Crippen molar-refractivity contribution in [2.24, 2.45) is 11.8 Å². The molecule has 0 spiro atoms. The molecule has 1 unspecified atom stereocenters. The van der Waals surface area contributed by atoms with E-state index in [2.05, 4.69) is 33.0 Å². The molecule has 0 heterocycles. The second-order valence-corrected chi connectivity index (χ2v) is 4.79. The summed E-state index contributed by atoms with van der Waals surface area (Å²) >= 11 is 0. The van der Waals surface area contributed by atoms with Crippen molar-refractivity contribution in [1.82, 2.24) is 5.32 Å². The van der Waals surface area contributed by atoms with E-state index < -0.39 is 0 Å². The van der Waals surface area contributed by atoms with Crippen LogP contribution in [-0.4, -0.2) is 13.1 Å². The third kappa shape index (κ3) is 8.55. The van der Waals surface area contributed by atoms with Gasteiger partial charge in [-0.1, -0.05) is 47.0 Å². The van der Waals surface area contributed by atoms with Crippen LogP contribution >= 0.6 is 0 Å². The van der Waals surface area contributed by atoms with Crippen LogP contribution in [0.5, 0.6) is 0 Å². The summed E-state index contributed by atoms with van der Waals surface area (Å²) in [6.07, 6.45) is 6.95. The first-order valence-electron chi connectivity index (χ1n) is 6.41. The Bertz CT molecular complexity index is 110. The quantitative estimate of drug-likeness (QED) is 0.595. The van der Waals surface area contributed by atoms with Crippen LogP contribution in [0.3, 0.4) is 0 Å². The highest BCUT2D eigenvalue weighted by atomic mass is 14.8. The van der Waals surface area contributed by atoms with Gasteiger partial charge in [-0.05, 0) is 37.8 Å². The highest BCUT2D eigenvalue weighted by Crippen LogP contribution is 2.16. The monoisotopic (exact) mass is 199 g/mol. The molecule has 0 aromatic rings. The molecule has 0 aromatic heterocycles. The number of rotatable bonds is 9. The summed E-state index contributed by atoms with van der Waals surface area (Å²) < 4.78 is 0. The molecule has 0 fully saturated rings. The lowest BCUT2D eigenvalue weighted by Crippen LogP contribution is -2.22. The molecule has 0 saturated heterocycles. The van der Waals surface area contributed by atoms with Gasteiger partial charge in [0.25, 0.3) is 0 Å². The molecule has 0 saturated carbocycles. The molecular formula is C13H29N. The number of nitrogens with one attached hydrogen (secondary N) is 1. The first-order chi connectivity index (χ1) is 6.70. The number of hydrogen-bond acceptors (Lipinski definition) is 1. The second-order valence-electron chi connectivity index (χ2n) is 4.79. The molecule has 1 nitrogen and oxygen atoms in total. The summed E-state index contributed by atoms with van der Waals surface area (Å²) in [6.45, 7) is 11.5. The molecule has 1 N–H and O–H groups in total. The molecule has 1 heteroatoms. The highest BCUT2D eigenvalue weighted by molar-refractivity contribution is 4.62. The fraction of sp³-hybridized carbons (Fsp3) is 1.00. The van der Waals surface area contributed by atoms with Crippen LogP contribution in [0.4, 0.5) is 0 Å². The van der Waals surface area contributed by atoms with Gasteiger partial charge in [-0.2, -0.15) is 0 Å². The van der Waals surface area contributed by atoms with Gasteiger partial charge < -0.3 is 5.32 Å². The normalized spacial score (nSPS) is 13.5. The predicted molar refractivity (Wildman–Crippen MR) is 65.6 cm³/mol. The van der Waals surface area contributed by atoms with Gasteiger partial charge in [0.1, 0.15) is 0 Å². The average molecular weight is 199 g/mol. The van der Waals surface area contributed by atoms with E-state index in [0.717, 1.165) is 18.4 Å². The molecule has 0 rings (SSSR count). The van der Waals surface area contributed by atoms with Gasteiger partial charge in [0.15, 0.2) is 0 Å². The van der Waals surface area contributed by atoms with Crippen LogP contribution in [0.15, 0.2) is 0 Å². The van der Waals surface area contributed by atoms with E-state index in [-0.39, 0.29) is 0 Å². The molecule has 0 aromatic carbocycles. The summed E-state index contributed by atoms with van der Waals surface area (Å²) in [7, 11) is 0. The summed E-state index contributed by atoms with van der Waals surface area (Å²) in [5.74, 6) is 1.79. The Labute approximate surface area is 90.7 Å². The molecule has 0 aliphatic heterocycles. The number of hydrogen-bond donors (Lipinski definition) is 1. The van der Waals surface area contributed by atoms with Gasteiger partial charge >= 0.3 is 0 Å². The topological polar surface area (TPSA) is 12.0 Å². The van der Waals surface area contributed by atoms with E-state index in [1.54, 1.807) is 0 Å². The predicted octanol–water partition coefficient (Wildman–Crippen LogP) is 3.84. The third-order valence-electron chi connectivity index (χ3n) is 2.77. The van der Waals surface area contributed by atoms with Crippen molar-refractivity contribution in [3.05, 3.63) is 0 Å². The van der Waals surface area contributed by atoms with Crippen LogP contribution in [0.1, 0.15) is 59.8 Å². The van der Waals surface area contributed by atoms with E-state index in [0.29, 0.717) is 0 Å². The Morgan fingerprint density at radius 3 is 2.21 bits per heavy atom. The Balaban J connectivity index is 3.50. The van der Waals surface area contributed by atoms with E-state index in [1.165, 1.54) is 38.6 Å². The standard InChI is InChI=1S/C13H29N/c1-5-8-13(11-14-6-2)10-7-9-12(3)4/h12-14H,5-11H2,1-4H3. The molecule has 1 atom stereocenters. The molecular weight excluding hydrogens is 170 g/mol. The van der Waals surface area contributed by atoms with Crippen molar-refractivity contribution in [1.29, 1.82) is 0 Å². The van der Waals surface area contributed by atoms with E-state index in [1.807, 2.05) is 0 Å². The maximum Gasteiger partial charge on any atom is -0.00206 e. The average Bonchev–Trinajstić information content (AvgIpc) is 2.13. The summed E-state index contributed by atoms with van der Waals surface area (Å²) in [5, 5.41) is 3.47. The molecule has 0 amide bonds. The Kier molecular flexibility index (Phi) is 9.49. The van der Waals surface area contributed by atoms with Gasteiger partial charge in [0.2, 0.25) is 0 Å². The first kappa shape index (κ1) is 14.0. The van der Waals surface area contributed by atoms with Crippen LogP contribution in [0, 0.1) is 11.8 Å². The van der Waals surface area contributed by atoms with Gasteiger partial charge in [0, 0.05) is 0 Å². The smallest absolute Gasteiger partial charge is 0.00206 e. The van der Waals surface area contributed by atoms with Crippen LogP contribution < -0.4 is 5.32 Å². The highest BCUT2D eigenvalue weighted by Gasteiger charge is 2.06. The fourth-order valence-electron chi connectivity index (χ4n) is 1.92. The van der Waals surface area contributed by atoms with E-state index in [4.69, 9.17) is 0 Å². The maximum atomic E-state index is 3.47. The SMILES string of the molecule is CCCC(CCCC(C)C)CNCC. The lowest BCUT2D eigenvalue weighted by molar-refractivity contribution is 0.388. The Hall–Kier alpha value is -0.0400. The molecule has 0 aliphatic carbocycles. The van der Waals surface area contributed by atoms with Gasteiger partial charge in [0.05, 0.1) is 0 Å². The second kappa shape index (κ2) is 9.51. The lowest BCUT2D eigenvalue weighted by atomic mass is 9.94. The molecule has 0 bridgehead atoms. The molecule has 86 valence electrons. The zero-order chi connectivity index (χ0) is 10.8. The van der Waals surface area contributed by atoms with Gasteiger partial charge in [-0.3, -0.25) is 0 Å². The van der Waals surface area contributed by atoms with Gasteiger partial charge in [-0.25, -0.2) is 0 Å². The largest absolute Gasteiger partial charge is 0.317 e. The molecule has 0 radical (unpaired) electrons. The molecule has 0 aliphatic rings. The zero-order valence-corrected chi connectivity index (χ0v) is 10.6. The van der Waals surface area contributed by atoms with Gasteiger partial charge in [-0.15, -0.1) is 0 Å². The Morgan fingerprint density at radius 2 is 1.71 bits per heavy atom. The van der Waals surface area contributed by atoms with E-state index >= 15 is 0 Å². The van der Waals surface area contributed by atoms with Crippen LogP contribution in [-0.2, 0) is 0 Å². The summed E-state index contributed by atoms with van der Waals surface area (Å²) in [4.78, 5) is 0. The van der Waals surface area contributed by atoms with Crippen molar-refractivity contribution >= 4 is 0 Å². The van der Waals surface area contributed by atoms with Crippen molar-refractivity contribution in [2.45, 2.75) is 59.8 Å². The van der Waals surface area contributed by atoms with Crippen molar-refractivity contribution in [3.8, 4) is 0 Å². The molecule has 14 heavy (non-hydrogen) atoms. The van der Waals surface area contributed by atoms with Crippen molar-refractivity contribution in [2.75, 3.05) is 13.1 Å². The summed E-state index contributed by atoms with van der Waals surface area (Å²) in [6, 6.07) is 0. The minimum absolute atomic E-state index is 0.872. The summed E-state index contributed by atoms with van der Waals surface area (Å²) in [5.41, 5.74) is 0.